The molecule has 0 spiro atoms. The van der Waals surface area contributed by atoms with Gasteiger partial charge in [0.25, 0.3) is 0 Å². The molecule has 0 radical (unpaired) electrons. The van der Waals surface area contributed by atoms with Crippen LogP contribution in [0.25, 0.3) is 0 Å². The fraction of sp³-hybridized carbons (Fsp3) is 0.429. The second-order valence-electron chi connectivity index (χ2n) is 5.25. The van der Waals surface area contributed by atoms with Crippen LogP contribution in [0.4, 0.5) is 10.5 Å². The Morgan fingerprint density at radius 2 is 1.90 bits per heavy atom. The Hall–Kier alpha value is -1.60. The van der Waals surface area contributed by atoms with E-state index >= 15 is 0 Å². The molecule has 114 valence electrons. The van der Waals surface area contributed by atoms with E-state index in [0.29, 0.717) is 5.69 Å². The number of hydrogen-bond acceptors (Lipinski definition) is 3. The lowest BCUT2D eigenvalue weighted by molar-refractivity contribution is -0.141. The number of amides is 2. The number of aliphatic hydroxyl groups excluding tert-OH is 1. The number of hydrogen-bond donors (Lipinski definition) is 3. The summed E-state index contributed by atoms with van der Waals surface area (Å²) in [6, 6.07) is 2.10. The molecule has 1 aliphatic heterocycles. The summed E-state index contributed by atoms with van der Waals surface area (Å²) in [5.41, 5.74) is 2.55. The lowest BCUT2D eigenvalue weighted by atomic mass is 10.1. The molecule has 2 atom stereocenters. The van der Waals surface area contributed by atoms with Gasteiger partial charge in [-0.25, -0.2) is 9.59 Å². The topological polar surface area (TPSA) is 89.9 Å². The van der Waals surface area contributed by atoms with E-state index in [0.717, 1.165) is 20.5 Å². The van der Waals surface area contributed by atoms with Crippen LogP contribution in [-0.2, 0) is 4.79 Å². The number of anilines is 1. The third kappa shape index (κ3) is 3.36. The molecule has 6 nitrogen and oxygen atoms in total. The van der Waals surface area contributed by atoms with Gasteiger partial charge in [0, 0.05) is 23.1 Å². The number of carbonyl (C=O) groups excluding carboxylic acids is 1. The highest BCUT2D eigenvalue weighted by Gasteiger charge is 2.39. The zero-order valence-corrected chi connectivity index (χ0v) is 13.3. The molecule has 3 N–H and O–H groups in total. The molecule has 1 fully saturated rings. The van der Waals surface area contributed by atoms with Gasteiger partial charge in [-0.15, -0.1) is 0 Å². The number of likely N-dealkylation sites (tertiary alicyclic amines) is 1. The Morgan fingerprint density at radius 3 is 2.43 bits per heavy atom. The van der Waals surface area contributed by atoms with E-state index in [1.165, 1.54) is 0 Å². The second kappa shape index (κ2) is 6.03. The maximum atomic E-state index is 12.2. The fourth-order valence-corrected chi connectivity index (χ4v) is 2.71. The predicted octanol–water partition coefficient (Wildman–Crippen LogP) is 2.12. The maximum absolute atomic E-state index is 12.2. The molecule has 2 rings (SSSR count). The van der Waals surface area contributed by atoms with E-state index in [2.05, 4.69) is 21.2 Å². The second-order valence-corrected chi connectivity index (χ2v) is 6.04. The van der Waals surface area contributed by atoms with Crippen LogP contribution in [0.5, 0.6) is 0 Å². The van der Waals surface area contributed by atoms with E-state index in [1.807, 2.05) is 13.8 Å². The van der Waals surface area contributed by atoms with E-state index in [9.17, 15) is 14.7 Å². The van der Waals surface area contributed by atoms with E-state index in [4.69, 9.17) is 5.11 Å². The number of β-amino-alcohol motifs (C(OH)–C–C–N with tert-alkyl or cyclic N) is 1. The summed E-state index contributed by atoms with van der Waals surface area (Å²) in [5.74, 6) is -1.11. The third-order valence-electron chi connectivity index (χ3n) is 3.51. The number of carboxylic acid groups (broad SMARTS) is 1. The third-order valence-corrected chi connectivity index (χ3v) is 4.76. The summed E-state index contributed by atoms with van der Waals surface area (Å²) in [6.07, 6.45) is -0.744. The van der Waals surface area contributed by atoms with Gasteiger partial charge in [-0.3, -0.25) is 0 Å². The first-order valence-electron chi connectivity index (χ1n) is 6.55. The predicted molar refractivity (Wildman–Crippen MR) is 81.4 cm³/mol. The number of aliphatic carboxylic acids is 1. The van der Waals surface area contributed by atoms with Gasteiger partial charge >= 0.3 is 12.0 Å². The van der Waals surface area contributed by atoms with Crippen LogP contribution in [0.1, 0.15) is 17.5 Å². The summed E-state index contributed by atoms with van der Waals surface area (Å²) >= 11 is 3.45. The minimum absolute atomic E-state index is 0.0251. The lowest BCUT2D eigenvalue weighted by Crippen LogP contribution is -2.43. The average Bonchev–Trinajstić information content (AvgIpc) is 2.78. The zero-order chi connectivity index (χ0) is 15.7. The number of aliphatic hydroxyl groups is 1. The molecule has 0 aromatic heterocycles. The molecule has 0 saturated carbocycles. The van der Waals surface area contributed by atoms with Crippen molar-refractivity contribution in [1.29, 1.82) is 0 Å². The molecule has 0 bridgehead atoms. The van der Waals surface area contributed by atoms with Crippen LogP contribution in [0.15, 0.2) is 16.6 Å². The van der Waals surface area contributed by atoms with Gasteiger partial charge in [0.15, 0.2) is 0 Å². The molecule has 2 amide bonds. The summed E-state index contributed by atoms with van der Waals surface area (Å²) in [5, 5.41) is 21.4. The van der Waals surface area contributed by atoms with E-state index in [-0.39, 0.29) is 13.0 Å². The Balaban J connectivity index is 2.16. The SMILES string of the molecule is Cc1cc(NC(=O)N2C[C@H](O)C[C@@H]2C(=O)O)cc(C)c1Br. The molecule has 7 heteroatoms. The number of carbonyl (C=O) groups is 2. The van der Waals surface area contributed by atoms with Crippen LogP contribution >= 0.6 is 15.9 Å². The van der Waals surface area contributed by atoms with Crippen molar-refractivity contribution in [3.8, 4) is 0 Å². The Kier molecular flexibility index (Phi) is 4.53. The smallest absolute Gasteiger partial charge is 0.326 e. The Labute approximate surface area is 130 Å². The number of rotatable bonds is 2. The summed E-state index contributed by atoms with van der Waals surface area (Å²) in [7, 11) is 0. The first-order valence-corrected chi connectivity index (χ1v) is 7.34. The van der Waals surface area contributed by atoms with Crippen LogP contribution in [0, 0.1) is 13.8 Å². The fourth-order valence-electron chi connectivity index (χ4n) is 2.49. The summed E-state index contributed by atoms with van der Waals surface area (Å²) in [6.45, 7) is 3.84. The highest BCUT2D eigenvalue weighted by molar-refractivity contribution is 9.10. The number of carboxylic acids is 1. The molecule has 1 aromatic carbocycles. The first-order chi connectivity index (χ1) is 9.79. The van der Waals surface area contributed by atoms with Gasteiger partial charge in [0.1, 0.15) is 6.04 Å². The molecule has 1 heterocycles. The maximum Gasteiger partial charge on any atom is 0.326 e. The standard InChI is InChI=1S/C14H17BrN2O4/c1-7-3-9(4-8(2)12(7)15)16-14(21)17-6-10(18)5-11(17)13(19)20/h3-4,10-11,18H,5-6H2,1-2H3,(H,16,21)(H,19,20)/t10-,11-/m1/s1. The molecule has 1 aliphatic rings. The number of halogens is 1. The molecular formula is C14H17BrN2O4. The highest BCUT2D eigenvalue weighted by atomic mass is 79.9. The Morgan fingerprint density at radius 1 is 1.33 bits per heavy atom. The molecule has 0 unspecified atom stereocenters. The normalized spacial score (nSPS) is 21.4. The molecular weight excluding hydrogens is 340 g/mol. The quantitative estimate of drug-likeness (QED) is 0.756. The number of urea groups is 1. The lowest BCUT2D eigenvalue weighted by Gasteiger charge is -2.22. The number of nitrogens with zero attached hydrogens (tertiary/aromatic N) is 1. The summed E-state index contributed by atoms with van der Waals surface area (Å²) < 4.78 is 0.973. The van der Waals surface area contributed by atoms with Crippen molar-refractivity contribution in [2.24, 2.45) is 0 Å². The minimum atomic E-state index is -1.11. The first kappa shape index (κ1) is 15.8. The van der Waals surface area contributed by atoms with Gasteiger partial charge in [-0.1, -0.05) is 15.9 Å². The van der Waals surface area contributed by atoms with Crippen molar-refractivity contribution < 1.29 is 19.8 Å². The van der Waals surface area contributed by atoms with Gasteiger partial charge in [-0.2, -0.15) is 0 Å². The minimum Gasteiger partial charge on any atom is -0.480 e. The number of benzene rings is 1. The summed E-state index contributed by atoms with van der Waals surface area (Å²) in [4.78, 5) is 24.5. The van der Waals surface area contributed by atoms with Crippen LogP contribution in [0.3, 0.4) is 0 Å². The van der Waals surface area contributed by atoms with Crippen molar-refractivity contribution in [2.75, 3.05) is 11.9 Å². The highest BCUT2D eigenvalue weighted by Crippen LogP contribution is 2.26. The van der Waals surface area contributed by atoms with Crippen LogP contribution < -0.4 is 5.32 Å². The van der Waals surface area contributed by atoms with Gasteiger partial charge < -0.3 is 20.4 Å². The molecule has 1 saturated heterocycles. The van der Waals surface area contributed by atoms with Crippen molar-refractivity contribution in [2.45, 2.75) is 32.4 Å². The monoisotopic (exact) mass is 356 g/mol. The van der Waals surface area contributed by atoms with E-state index < -0.39 is 24.1 Å². The van der Waals surface area contributed by atoms with Crippen molar-refractivity contribution in [3.63, 3.8) is 0 Å². The zero-order valence-electron chi connectivity index (χ0n) is 11.8. The molecule has 21 heavy (non-hydrogen) atoms. The van der Waals surface area contributed by atoms with Gasteiger partial charge in [-0.05, 0) is 37.1 Å². The molecule has 0 aliphatic carbocycles. The average molecular weight is 357 g/mol. The van der Waals surface area contributed by atoms with Crippen molar-refractivity contribution >= 4 is 33.6 Å². The van der Waals surface area contributed by atoms with E-state index in [1.54, 1.807) is 12.1 Å². The van der Waals surface area contributed by atoms with Crippen molar-refractivity contribution in [3.05, 3.63) is 27.7 Å². The van der Waals surface area contributed by atoms with Gasteiger partial charge in [0.2, 0.25) is 0 Å². The van der Waals surface area contributed by atoms with Gasteiger partial charge in [0.05, 0.1) is 6.10 Å². The van der Waals surface area contributed by atoms with Crippen LogP contribution in [-0.4, -0.2) is 45.8 Å². The molecule has 1 aromatic rings. The number of aryl methyl sites for hydroxylation is 2. The largest absolute Gasteiger partial charge is 0.480 e. The van der Waals surface area contributed by atoms with Crippen LogP contribution in [0.2, 0.25) is 0 Å². The Bertz CT molecular complexity index is 567. The number of nitrogens with one attached hydrogen (secondary N) is 1. The van der Waals surface area contributed by atoms with Crippen molar-refractivity contribution in [1.82, 2.24) is 4.90 Å².